The van der Waals surface area contributed by atoms with Gasteiger partial charge in [0.15, 0.2) is 6.61 Å². The number of hydrogen-bond donors (Lipinski definition) is 2. The molecule has 2 aromatic rings. The van der Waals surface area contributed by atoms with Gasteiger partial charge in [-0.2, -0.15) is 0 Å². The normalized spacial score (nSPS) is 11.7. The molecular weight excluding hydrogens is 376 g/mol. The van der Waals surface area contributed by atoms with E-state index < -0.39 is 10.0 Å². The molecule has 2 N–H and O–H groups in total. The molecule has 0 saturated heterocycles. The van der Waals surface area contributed by atoms with Crippen LogP contribution in [0.15, 0.2) is 47.4 Å². The highest BCUT2D eigenvalue weighted by Crippen LogP contribution is 2.27. The highest BCUT2D eigenvalue weighted by Gasteiger charge is 2.16. The SMILES string of the molecule is Cc1cccc(C(C)C)c1NC(=O)COc1ccc(S(=O)(=O)NC(C)C)cc1. The molecule has 0 radical (unpaired) electrons. The average Bonchev–Trinajstić information content (AvgIpc) is 2.60. The zero-order valence-electron chi connectivity index (χ0n) is 16.9. The molecule has 0 aliphatic rings. The second-order valence-electron chi connectivity index (χ2n) is 7.28. The van der Waals surface area contributed by atoms with Crippen molar-refractivity contribution < 1.29 is 17.9 Å². The molecule has 2 aromatic carbocycles. The highest BCUT2D eigenvalue weighted by atomic mass is 32.2. The van der Waals surface area contributed by atoms with Crippen molar-refractivity contribution in [2.24, 2.45) is 0 Å². The van der Waals surface area contributed by atoms with Gasteiger partial charge < -0.3 is 10.1 Å². The number of rotatable bonds is 8. The van der Waals surface area contributed by atoms with Gasteiger partial charge in [-0.15, -0.1) is 0 Å². The van der Waals surface area contributed by atoms with E-state index in [-0.39, 0.29) is 29.4 Å². The van der Waals surface area contributed by atoms with E-state index in [4.69, 9.17) is 4.74 Å². The van der Waals surface area contributed by atoms with Crippen LogP contribution >= 0.6 is 0 Å². The van der Waals surface area contributed by atoms with Gasteiger partial charge in [0, 0.05) is 11.7 Å². The van der Waals surface area contributed by atoms with Crippen molar-refractivity contribution in [2.75, 3.05) is 11.9 Å². The fourth-order valence-corrected chi connectivity index (χ4v) is 4.01. The third-order valence-corrected chi connectivity index (χ3v) is 5.76. The maximum Gasteiger partial charge on any atom is 0.262 e. The van der Waals surface area contributed by atoms with Crippen LogP contribution in [-0.2, 0) is 14.8 Å². The molecule has 28 heavy (non-hydrogen) atoms. The molecule has 0 atom stereocenters. The third kappa shape index (κ3) is 5.81. The van der Waals surface area contributed by atoms with Crippen LogP contribution in [0.5, 0.6) is 5.75 Å². The Morgan fingerprint density at radius 2 is 1.68 bits per heavy atom. The Morgan fingerprint density at radius 3 is 2.25 bits per heavy atom. The number of carbonyl (C=O) groups excluding carboxylic acids is 1. The smallest absolute Gasteiger partial charge is 0.262 e. The molecule has 6 nitrogen and oxygen atoms in total. The maximum absolute atomic E-state index is 12.3. The van der Waals surface area contributed by atoms with Crippen molar-refractivity contribution in [3.63, 3.8) is 0 Å². The van der Waals surface area contributed by atoms with Crippen molar-refractivity contribution >= 4 is 21.6 Å². The molecule has 1 amide bonds. The molecule has 0 aliphatic heterocycles. The van der Waals surface area contributed by atoms with Crippen molar-refractivity contribution in [3.8, 4) is 5.75 Å². The molecule has 152 valence electrons. The van der Waals surface area contributed by atoms with Gasteiger partial charge in [-0.05, 0) is 62.1 Å². The van der Waals surface area contributed by atoms with Gasteiger partial charge in [0.1, 0.15) is 5.75 Å². The number of nitrogens with one attached hydrogen (secondary N) is 2. The van der Waals surface area contributed by atoms with Gasteiger partial charge >= 0.3 is 0 Å². The van der Waals surface area contributed by atoms with Crippen LogP contribution < -0.4 is 14.8 Å². The molecule has 0 aliphatic carbocycles. The molecule has 0 aromatic heterocycles. The first-order valence-electron chi connectivity index (χ1n) is 9.24. The van der Waals surface area contributed by atoms with Crippen molar-refractivity contribution in [2.45, 2.75) is 51.5 Å². The third-order valence-electron chi connectivity index (χ3n) is 4.09. The van der Waals surface area contributed by atoms with E-state index in [9.17, 15) is 13.2 Å². The summed E-state index contributed by atoms with van der Waals surface area (Å²) in [6.07, 6.45) is 0. The number of hydrogen-bond acceptors (Lipinski definition) is 4. The first-order valence-corrected chi connectivity index (χ1v) is 10.7. The fraction of sp³-hybridized carbons (Fsp3) is 0.381. The topological polar surface area (TPSA) is 84.5 Å². The zero-order valence-corrected chi connectivity index (χ0v) is 17.8. The molecule has 0 heterocycles. The van der Waals surface area contributed by atoms with Crippen LogP contribution in [0.3, 0.4) is 0 Å². The molecule has 2 rings (SSSR count). The Kier molecular flexibility index (Phi) is 7.21. The summed E-state index contributed by atoms with van der Waals surface area (Å²) in [6.45, 7) is 9.45. The molecular formula is C21H28N2O4S. The lowest BCUT2D eigenvalue weighted by Gasteiger charge is -2.16. The van der Waals surface area contributed by atoms with E-state index in [0.29, 0.717) is 5.75 Å². The number of anilines is 1. The van der Waals surface area contributed by atoms with E-state index in [0.717, 1.165) is 16.8 Å². The van der Waals surface area contributed by atoms with Gasteiger partial charge in [-0.3, -0.25) is 4.79 Å². The Labute approximate surface area is 167 Å². The highest BCUT2D eigenvalue weighted by molar-refractivity contribution is 7.89. The van der Waals surface area contributed by atoms with Gasteiger partial charge in [-0.25, -0.2) is 13.1 Å². The summed E-state index contributed by atoms with van der Waals surface area (Å²) in [4.78, 5) is 12.5. The van der Waals surface area contributed by atoms with Gasteiger partial charge in [-0.1, -0.05) is 32.0 Å². The maximum atomic E-state index is 12.3. The average molecular weight is 405 g/mol. The zero-order chi connectivity index (χ0) is 20.9. The largest absolute Gasteiger partial charge is 0.484 e. The Balaban J connectivity index is 2.01. The van der Waals surface area contributed by atoms with Gasteiger partial charge in [0.05, 0.1) is 4.90 Å². The van der Waals surface area contributed by atoms with Crippen LogP contribution in [0.25, 0.3) is 0 Å². The van der Waals surface area contributed by atoms with Crippen LogP contribution in [-0.4, -0.2) is 27.0 Å². The van der Waals surface area contributed by atoms with E-state index in [1.165, 1.54) is 24.3 Å². The van der Waals surface area contributed by atoms with E-state index in [1.807, 2.05) is 25.1 Å². The minimum atomic E-state index is -3.55. The number of aryl methyl sites for hydroxylation is 1. The molecule has 7 heteroatoms. The number of carbonyl (C=O) groups is 1. The monoisotopic (exact) mass is 404 g/mol. The lowest BCUT2D eigenvalue weighted by molar-refractivity contribution is -0.118. The number of benzene rings is 2. The summed E-state index contributed by atoms with van der Waals surface area (Å²) in [5, 5.41) is 2.92. The standard InChI is InChI=1S/C21H28N2O4S/c1-14(2)19-8-6-7-16(5)21(19)22-20(24)13-27-17-9-11-18(12-10-17)28(25,26)23-15(3)4/h6-12,14-15,23H,13H2,1-5H3,(H,22,24). The van der Waals surface area contributed by atoms with Crippen LogP contribution in [0.2, 0.25) is 0 Å². The minimum Gasteiger partial charge on any atom is -0.484 e. The summed E-state index contributed by atoms with van der Waals surface area (Å²) in [7, 11) is -3.55. The van der Waals surface area contributed by atoms with Crippen molar-refractivity contribution in [1.82, 2.24) is 4.72 Å². The van der Waals surface area contributed by atoms with E-state index >= 15 is 0 Å². The first kappa shape index (κ1) is 21.9. The predicted molar refractivity (Wildman–Crippen MR) is 111 cm³/mol. The van der Waals surface area contributed by atoms with Crippen molar-refractivity contribution in [1.29, 1.82) is 0 Å². The lowest BCUT2D eigenvalue weighted by atomic mass is 9.98. The summed E-state index contributed by atoms with van der Waals surface area (Å²) in [5.74, 6) is 0.437. The minimum absolute atomic E-state index is 0.152. The Morgan fingerprint density at radius 1 is 1.04 bits per heavy atom. The molecule has 0 spiro atoms. The van der Waals surface area contributed by atoms with Crippen LogP contribution in [0, 0.1) is 6.92 Å². The Bertz CT molecular complexity index is 920. The van der Waals surface area contributed by atoms with Gasteiger partial charge in [0.2, 0.25) is 10.0 Å². The number of sulfonamides is 1. The summed E-state index contributed by atoms with van der Waals surface area (Å²) < 4.78 is 32.3. The second kappa shape index (κ2) is 9.21. The first-order chi connectivity index (χ1) is 13.1. The van der Waals surface area contributed by atoms with Crippen LogP contribution in [0.1, 0.15) is 44.7 Å². The summed E-state index contributed by atoms with van der Waals surface area (Å²) >= 11 is 0. The summed E-state index contributed by atoms with van der Waals surface area (Å²) in [6, 6.07) is 11.7. The predicted octanol–water partition coefficient (Wildman–Crippen LogP) is 3.82. The quantitative estimate of drug-likeness (QED) is 0.700. The fourth-order valence-electron chi connectivity index (χ4n) is 2.76. The second-order valence-corrected chi connectivity index (χ2v) is 8.99. The molecule has 0 bridgehead atoms. The van der Waals surface area contributed by atoms with E-state index in [2.05, 4.69) is 23.9 Å². The number of amides is 1. The van der Waals surface area contributed by atoms with Crippen molar-refractivity contribution in [3.05, 3.63) is 53.6 Å². The summed E-state index contributed by atoms with van der Waals surface area (Å²) in [5.41, 5.74) is 2.87. The van der Waals surface area contributed by atoms with Gasteiger partial charge in [0.25, 0.3) is 5.91 Å². The number of para-hydroxylation sites is 1. The van der Waals surface area contributed by atoms with E-state index in [1.54, 1.807) is 13.8 Å². The lowest BCUT2D eigenvalue weighted by Crippen LogP contribution is -2.30. The number of ether oxygens (including phenoxy) is 1. The Hall–Kier alpha value is -2.38. The molecule has 0 saturated carbocycles. The molecule has 0 unspecified atom stereocenters. The molecule has 0 fully saturated rings. The van der Waals surface area contributed by atoms with Crippen LogP contribution in [0.4, 0.5) is 5.69 Å².